The molecule has 7 heteroatoms. The molecule has 0 aliphatic heterocycles. The number of hydrogen-bond donors (Lipinski definition) is 2. The first-order valence-corrected chi connectivity index (χ1v) is 10.2. The van der Waals surface area contributed by atoms with Crippen molar-refractivity contribution in [1.29, 1.82) is 0 Å². The lowest BCUT2D eigenvalue weighted by atomic mass is 10.1. The molecule has 0 radical (unpaired) electrons. The Balaban J connectivity index is 1.64. The molecule has 4 aromatic rings. The Labute approximate surface area is 185 Å². The molecule has 0 unspecified atom stereocenters. The van der Waals surface area contributed by atoms with Crippen LogP contribution in [0, 0.1) is 6.92 Å². The first-order valence-electron chi connectivity index (χ1n) is 9.78. The van der Waals surface area contributed by atoms with E-state index in [9.17, 15) is 5.11 Å². The molecule has 4 rings (SSSR count). The quantitative estimate of drug-likeness (QED) is 0.292. The minimum atomic E-state index is 0.0469. The number of methoxy groups -OCH3 is 1. The van der Waals surface area contributed by atoms with E-state index in [0.29, 0.717) is 23.7 Å². The number of aromatic hydroxyl groups is 1. The molecule has 1 aromatic heterocycles. The number of thiocarbonyl (C=S) groups is 1. The van der Waals surface area contributed by atoms with Crippen molar-refractivity contribution in [3.05, 3.63) is 83.9 Å². The predicted octanol–water partition coefficient (Wildman–Crippen LogP) is 6.19. The summed E-state index contributed by atoms with van der Waals surface area (Å²) in [4.78, 5) is 0. The number of anilines is 1. The molecule has 31 heavy (non-hydrogen) atoms. The van der Waals surface area contributed by atoms with Gasteiger partial charge in [-0.1, -0.05) is 60.2 Å². The van der Waals surface area contributed by atoms with Crippen LogP contribution in [0.5, 0.6) is 11.6 Å². The molecule has 3 aromatic carbocycles. The summed E-state index contributed by atoms with van der Waals surface area (Å²) in [5, 5.41) is 23.3. The van der Waals surface area contributed by atoms with Crippen molar-refractivity contribution in [3.63, 3.8) is 0 Å². The van der Waals surface area contributed by atoms with Gasteiger partial charge in [-0.25, -0.2) is 0 Å². The minimum absolute atomic E-state index is 0.0469. The average Bonchev–Trinajstić information content (AvgIpc) is 3.05. The third-order valence-corrected chi connectivity index (χ3v) is 5.15. The number of fused-ring (bicyclic) bond motifs is 1. The van der Waals surface area contributed by atoms with Gasteiger partial charge in [-0.05, 0) is 42.9 Å². The van der Waals surface area contributed by atoms with Crippen LogP contribution in [0.2, 0.25) is 0 Å². The van der Waals surface area contributed by atoms with Crippen molar-refractivity contribution in [1.82, 2.24) is 4.57 Å². The highest BCUT2D eigenvalue weighted by Crippen LogP contribution is 2.39. The molecule has 0 spiro atoms. The minimum Gasteiger partial charge on any atom is -0.495 e. The number of benzene rings is 3. The predicted molar refractivity (Wildman–Crippen MR) is 128 cm³/mol. The molecule has 0 atom stereocenters. The number of hydrogen-bond acceptors (Lipinski definition) is 4. The Kier molecular flexibility index (Phi) is 5.95. The van der Waals surface area contributed by atoms with Crippen molar-refractivity contribution < 1.29 is 9.84 Å². The van der Waals surface area contributed by atoms with Gasteiger partial charge >= 0.3 is 0 Å². The lowest BCUT2D eigenvalue weighted by Gasteiger charge is -2.08. The number of aryl methyl sites for hydroxylation is 1. The normalized spacial score (nSPS) is 11.2. The van der Waals surface area contributed by atoms with Gasteiger partial charge in [0, 0.05) is 5.39 Å². The van der Waals surface area contributed by atoms with Crippen LogP contribution in [-0.2, 0) is 6.54 Å². The van der Waals surface area contributed by atoms with E-state index >= 15 is 0 Å². The first kappa shape index (κ1) is 20.6. The molecule has 0 saturated heterocycles. The monoisotopic (exact) mass is 430 g/mol. The van der Waals surface area contributed by atoms with Gasteiger partial charge in [0.1, 0.15) is 5.75 Å². The van der Waals surface area contributed by atoms with Gasteiger partial charge in [0.05, 0.1) is 24.9 Å². The summed E-state index contributed by atoms with van der Waals surface area (Å²) in [5.41, 5.74) is 4.22. The SMILES string of the molecule is COc1ccccc1NC(=S)N=Nc1c(O)n(Cc2ccc(C)cc2)c2ccccc12. The highest BCUT2D eigenvalue weighted by Gasteiger charge is 2.17. The first-order chi connectivity index (χ1) is 15.1. The van der Waals surface area contributed by atoms with Gasteiger partial charge in [0.2, 0.25) is 11.0 Å². The lowest BCUT2D eigenvalue weighted by molar-refractivity contribution is 0.417. The van der Waals surface area contributed by atoms with Crippen LogP contribution in [0.3, 0.4) is 0 Å². The van der Waals surface area contributed by atoms with Crippen molar-refractivity contribution in [2.45, 2.75) is 13.5 Å². The molecule has 1 heterocycles. The third kappa shape index (κ3) is 4.41. The van der Waals surface area contributed by atoms with Crippen LogP contribution in [0.1, 0.15) is 11.1 Å². The zero-order chi connectivity index (χ0) is 21.8. The fourth-order valence-corrected chi connectivity index (χ4v) is 3.54. The van der Waals surface area contributed by atoms with E-state index in [0.717, 1.165) is 16.5 Å². The van der Waals surface area contributed by atoms with Crippen LogP contribution in [0.4, 0.5) is 11.4 Å². The van der Waals surface area contributed by atoms with Crippen LogP contribution in [-0.4, -0.2) is 21.9 Å². The number of aromatic nitrogens is 1. The summed E-state index contributed by atoms with van der Waals surface area (Å²) in [6.45, 7) is 2.57. The largest absolute Gasteiger partial charge is 0.495 e. The molecular weight excluding hydrogens is 408 g/mol. The Morgan fingerprint density at radius 3 is 2.52 bits per heavy atom. The van der Waals surface area contributed by atoms with E-state index in [1.165, 1.54) is 5.56 Å². The van der Waals surface area contributed by atoms with E-state index < -0.39 is 0 Å². The maximum Gasteiger partial charge on any atom is 0.221 e. The highest BCUT2D eigenvalue weighted by atomic mass is 32.1. The van der Waals surface area contributed by atoms with Gasteiger partial charge in [-0.3, -0.25) is 0 Å². The molecule has 0 aliphatic rings. The van der Waals surface area contributed by atoms with Crippen molar-refractivity contribution in [3.8, 4) is 11.6 Å². The zero-order valence-electron chi connectivity index (χ0n) is 17.2. The highest BCUT2D eigenvalue weighted by molar-refractivity contribution is 7.80. The van der Waals surface area contributed by atoms with Gasteiger partial charge < -0.3 is 19.7 Å². The molecule has 2 N–H and O–H groups in total. The third-order valence-electron chi connectivity index (χ3n) is 4.97. The lowest BCUT2D eigenvalue weighted by Crippen LogP contribution is -2.06. The second-order valence-electron chi connectivity index (χ2n) is 7.09. The molecule has 0 aliphatic carbocycles. The smallest absolute Gasteiger partial charge is 0.221 e. The molecular formula is C24H22N4O2S. The van der Waals surface area contributed by atoms with E-state index in [-0.39, 0.29) is 11.0 Å². The molecule has 0 amide bonds. The number of para-hydroxylation sites is 3. The number of azo groups is 1. The maximum absolute atomic E-state index is 10.9. The Morgan fingerprint density at radius 2 is 1.74 bits per heavy atom. The van der Waals surface area contributed by atoms with Gasteiger partial charge in [-0.2, -0.15) is 0 Å². The van der Waals surface area contributed by atoms with Crippen molar-refractivity contribution in [2.75, 3.05) is 12.4 Å². The maximum atomic E-state index is 10.9. The topological polar surface area (TPSA) is 71.1 Å². The van der Waals surface area contributed by atoms with E-state index in [1.807, 2.05) is 60.0 Å². The Bertz CT molecular complexity index is 1260. The van der Waals surface area contributed by atoms with Crippen LogP contribution in [0.25, 0.3) is 10.9 Å². The summed E-state index contributed by atoms with van der Waals surface area (Å²) in [7, 11) is 1.59. The summed E-state index contributed by atoms with van der Waals surface area (Å²) in [6.07, 6.45) is 0. The van der Waals surface area contributed by atoms with Gasteiger partial charge in [0.15, 0.2) is 5.69 Å². The standard InChI is InChI=1S/C24H22N4O2S/c1-16-11-13-17(14-12-16)15-28-20-9-5-3-7-18(20)22(23(28)29)26-27-24(31)25-19-8-4-6-10-21(19)30-2/h3-14,29H,15H2,1-2H3,(H,25,31). The van der Waals surface area contributed by atoms with Gasteiger partial charge in [-0.15, -0.1) is 10.2 Å². The van der Waals surface area contributed by atoms with Crippen LogP contribution in [0.15, 0.2) is 83.0 Å². The Morgan fingerprint density at radius 1 is 1.03 bits per heavy atom. The molecule has 0 bridgehead atoms. The average molecular weight is 431 g/mol. The van der Waals surface area contributed by atoms with Crippen molar-refractivity contribution in [2.24, 2.45) is 10.2 Å². The molecule has 6 nitrogen and oxygen atoms in total. The fraction of sp³-hybridized carbons (Fsp3) is 0.125. The van der Waals surface area contributed by atoms with E-state index in [2.05, 4.69) is 39.8 Å². The molecule has 0 fully saturated rings. The molecule has 156 valence electrons. The second-order valence-corrected chi connectivity index (χ2v) is 7.48. The molecule has 0 saturated carbocycles. The summed E-state index contributed by atoms with van der Waals surface area (Å²) >= 11 is 5.32. The van der Waals surface area contributed by atoms with Crippen LogP contribution >= 0.6 is 12.2 Å². The number of nitrogens with one attached hydrogen (secondary N) is 1. The number of rotatable bonds is 5. The zero-order valence-corrected chi connectivity index (χ0v) is 18.1. The summed E-state index contributed by atoms with van der Waals surface area (Å²) < 4.78 is 7.14. The van der Waals surface area contributed by atoms with Crippen molar-refractivity contribution >= 4 is 39.6 Å². The van der Waals surface area contributed by atoms with Crippen LogP contribution < -0.4 is 10.1 Å². The van der Waals surface area contributed by atoms with Gasteiger partial charge in [0.25, 0.3) is 0 Å². The van der Waals surface area contributed by atoms with E-state index in [4.69, 9.17) is 17.0 Å². The number of ether oxygens (including phenoxy) is 1. The summed E-state index contributed by atoms with van der Waals surface area (Å²) in [6, 6.07) is 23.3. The Hall–Kier alpha value is -3.71. The second kappa shape index (κ2) is 8.97. The fourth-order valence-electron chi connectivity index (χ4n) is 3.39. The summed E-state index contributed by atoms with van der Waals surface area (Å²) in [5.74, 6) is 0.697. The van der Waals surface area contributed by atoms with E-state index in [1.54, 1.807) is 7.11 Å². The number of nitrogens with zero attached hydrogens (tertiary/aromatic N) is 3.